The maximum absolute atomic E-state index is 5.95. The summed E-state index contributed by atoms with van der Waals surface area (Å²) < 4.78 is 11.4. The van der Waals surface area contributed by atoms with Crippen molar-refractivity contribution in [3.8, 4) is 0 Å². The Morgan fingerprint density at radius 3 is 2.81 bits per heavy atom. The van der Waals surface area contributed by atoms with Crippen molar-refractivity contribution >= 4 is 5.82 Å². The van der Waals surface area contributed by atoms with E-state index in [0.717, 1.165) is 63.1 Å². The molecule has 0 aromatic carbocycles. The van der Waals surface area contributed by atoms with Crippen LogP contribution in [0.4, 0.5) is 5.82 Å². The van der Waals surface area contributed by atoms with Gasteiger partial charge in [-0.25, -0.2) is 9.97 Å². The van der Waals surface area contributed by atoms with E-state index < -0.39 is 0 Å². The minimum Gasteiger partial charge on any atom is -0.381 e. The van der Waals surface area contributed by atoms with Gasteiger partial charge in [0.1, 0.15) is 17.7 Å². The second kappa shape index (κ2) is 6.68. The van der Waals surface area contributed by atoms with E-state index in [0.29, 0.717) is 6.04 Å². The van der Waals surface area contributed by atoms with Gasteiger partial charge in [0.05, 0.1) is 12.3 Å². The Kier molecular flexibility index (Phi) is 4.67. The first-order chi connectivity index (χ1) is 10.3. The lowest BCUT2D eigenvalue weighted by molar-refractivity contribution is -0.0647. The number of aromatic nitrogens is 2. The van der Waals surface area contributed by atoms with Crippen molar-refractivity contribution in [2.75, 3.05) is 45.3 Å². The number of rotatable bonds is 3. The number of anilines is 1. The summed E-state index contributed by atoms with van der Waals surface area (Å²) in [6, 6.07) is 2.61. The van der Waals surface area contributed by atoms with Gasteiger partial charge in [-0.1, -0.05) is 0 Å². The quantitative estimate of drug-likeness (QED) is 0.908. The third-order valence-corrected chi connectivity index (χ3v) is 4.25. The van der Waals surface area contributed by atoms with E-state index in [1.54, 1.807) is 0 Å². The first kappa shape index (κ1) is 14.7. The number of ether oxygens (including phenoxy) is 2. The van der Waals surface area contributed by atoms with Crippen LogP contribution < -0.4 is 5.32 Å². The molecule has 2 aliphatic heterocycles. The SMILES string of the molecule is CNc1cc([C@@H]2CN(C3CCOCC3)CCO2)nc(C)n1. The molecule has 0 radical (unpaired) electrons. The van der Waals surface area contributed by atoms with E-state index in [9.17, 15) is 0 Å². The van der Waals surface area contributed by atoms with Crippen LogP contribution in [0, 0.1) is 6.92 Å². The third kappa shape index (κ3) is 3.51. The molecule has 6 heteroatoms. The molecule has 0 saturated carbocycles. The van der Waals surface area contributed by atoms with Crippen LogP contribution in [0.5, 0.6) is 0 Å². The summed E-state index contributed by atoms with van der Waals surface area (Å²) in [5.74, 6) is 1.63. The Bertz CT molecular complexity index is 477. The Balaban J connectivity index is 1.71. The molecular weight excluding hydrogens is 268 g/mol. The molecule has 1 aromatic rings. The van der Waals surface area contributed by atoms with Crippen LogP contribution >= 0.6 is 0 Å². The van der Waals surface area contributed by atoms with Gasteiger partial charge in [0.15, 0.2) is 0 Å². The van der Waals surface area contributed by atoms with E-state index in [-0.39, 0.29) is 6.10 Å². The van der Waals surface area contributed by atoms with Crippen LogP contribution in [0.2, 0.25) is 0 Å². The fourth-order valence-electron chi connectivity index (χ4n) is 3.11. The maximum atomic E-state index is 5.95. The van der Waals surface area contributed by atoms with Crippen molar-refractivity contribution in [2.24, 2.45) is 0 Å². The molecule has 1 atom stereocenters. The number of morpholine rings is 1. The normalized spacial score (nSPS) is 25.0. The molecule has 116 valence electrons. The fraction of sp³-hybridized carbons (Fsp3) is 0.733. The summed E-state index contributed by atoms with van der Waals surface area (Å²) in [4.78, 5) is 11.4. The van der Waals surface area contributed by atoms with Gasteiger partial charge in [0.25, 0.3) is 0 Å². The summed E-state index contributed by atoms with van der Waals surface area (Å²) in [6.07, 6.45) is 2.28. The highest BCUT2D eigenvalue weighted by atomic mass is 16.5. The van der Waals surface area contributed by atoms with Crippen LogP contribution in [0.1, 0.15) is 30.5 Å². The standard InChI is InChI=1S/C15H24N4O2/c1-11-17-13(9-15(16-2)18-11)14-10-19(5-8-21-14)12-3-6-20-7-4-12/h9,12,14H,3-8,10H2,1-2H3,(H,16,17,18)/t14-/m0/s1. The molecule has 6 nitrogen and oxygen atoms in total. The first-order valence-electron chi connectivity index (χ1n) is 7.73. The van der Waals surface area contributed by atoms with E-state index in [4.69, 9.17) is 9.47 Å². The van der Waals surface area contributed by atoms with Crippen molar-refractivity contribution in [3.63, 3.8) is 0 Å². The first-order valence-corrected chi connectivity index (χ1v) is 7.73. The number of nitrogens with one attached hydrogen (secondary N) is 1. The molecule has 1 N–H and O–H groups in total. The van der Waals surface area contributed by atoms with E-state index in [1.165, 1.54) is 0 Å². The highest BCUT2D eigenvalue weighted by Gasteiger charge is 2.29. The summed E-state index contributed by atoms with van der Waals surface area (Å²) in [6.45, 7) is 6.35. The Morgan fingerprint density at radius 1 is 1.24 bits per heavy atom. The molecule has 0 amide bonds. The predicted octanol–water partition coefficient (Wildman–Crippen LogP) is 1.38. The van der Waals surface area contributed by atoms with Gasteiger partial charge in [-0.2, -0.15) is 0 Å². The Hall–Kier alpha value is -1.24. The van der Waals surface area contributed by atoms with E-state index in [1.807, 2.05) is 20.0 Å². The summed E-state index contributed by atoms with van der Waals surface area (Å²) in [7, 11) is 1.88. The topological polar surface area (TPSA) is 59.5 Å². The number of hydrogen-bond acceptors (Lipinski definition) is 6. The number of aryl methyl sites for hydroxylation is 1. The highest BCUT2D eigenvalue weighted by molar-refractivity contribution is 5.35. The zero-order valence-corrected chi connectivity index (χ0v) is 12.8. The van der Waals surface area contributed by atoms with Crippen molar-refractivity contribution < 1.29 is 9.47 Å². The van der Waals surface area contributed by atoms with Crippen LogP contribution in [0.3, 0.4) is 0 Å². The largest absolute Gasteiger partial charge is 0.381 e. The lowest BCUT2D eigenvalue weighted by Gasteiger charge is -2.39. The molecule has 2 saturated heterocycles. The average Bonchev–Trinajstić information content (AvgIpc) is 2.55. The van der Waals surface area contributed by atoms with Crippen molar-refractivity contribution in [1.82, 2.24) is 14.9 Å². The summed E-state index contributed by atoms with van der Waals surface area (Å²) >= 11 is 0. The molecule has 0 spiro atoms. The molecule has 3 rings (SSSR count). The minimum absolute atomic E-state index is 0.0374. The molecule has 3 heterocycles. The lowest BCUT2D eigenvalue weighted by Crippen LogP contribution is -2.47. The van der Waals surface area contributed by atoms with E-state index >= 15 is 0 Å². The smallest absolute Gasteiger partial charge is 0.129 e. The monoisotopic (exact) mass is 292 g/mol. The summed E-state index contributed by atoms with van der Waals surface area (Å²) in [5.41, 5.74) is 0.976. The lowest BCUT2D eigenvalue weighted by atomic mass is 10.0. The van der Waals surface area contributed by atoms with Gasteiger partial charge >= 0.3 is 0 Å². The van der Waals surface area contributed by atoms with E-state index in [2.05, 4.69) is 20.2 Å². The minimum atomic E-state index is 0.0374. The highest BCUT2D eigenvalue weighted by Crippen LogP contribution is 2.26. The van der Waals surface area contributed by atoms with Crippen LogP contribution in [0.25, 0.3) is 0 Å². The Morgan fingerprint density at radius 2 is 2.05 bits per heavy atom. The molecular formula is C15H24N4O2. The zero-order chi connectivity index (χ0) is 14.7. The average molecular weight is 292 g/mol. The van der Waals surface area contributed by atoms with Gasteiger partial charge in [0.2, 0.25) is 0 Å². The van der Waals surface area contributed by atoms with Gasteiger partial charge in [-0.3, -0.25) is 4.90 Å². The molecule has 0 aliphatic carbocycles. The summed E-state index contributed by atoms with van der Waals surface area (Å²) in [5, 5.41) is 3.09. The predicted molar refractivity (Wildman–Crippen MR) is 80.4 cm³/mol. The van der Waals surface area contributed by atoms with Gasteiger partial charge < -0.3 is 14.8 Å². The molecule has 2 fully saturated rings. The van der Waals surface area contributed by atoms with Gasteiger partial charge in [-0.05, 0) is 19.8 Å². The van der Waals surface area contributed by atoms with Crippen molar-refractivity contribution in [2.45, 2.75) is 31.9 Å². The van der Waals surface area contributed by atoms with Crippen LogP contribution in [-0.2, 0) is 9.47 Å². The third-order valence-electron chi connectivity index (χ3n) is 4.25. The molecule has 2 aliphatic rings. The maximum Gasteiger partial charge on any atom is 0.129 e. The molecule has 0 unspecified atom stereocenters. The van der Waals surface area contributed by atoms with Crippen LogP contribution in [-0.4, -0.2) is 60.9 Å². The van der Waals surface area contributed by atoms with Crippen molar-refractivity contribution in [3.05, 3.63) is 17.6 Å². The number of hydrogen-bond donors (Lipinski definition) is 1. The van der Waals surface area contributed by atoms with Crippen molar-refractivity contribution in [1.29, 1.82) is 0 Å². The van der Waals surface area contributed by atoms with Gasteiger partial charge in [-0.15, -0.1) is 0 Å². The molecule has 0 bridgehead atoms. The Labute approximate surface area is 125 Å². The molecule has 21 heavy (non-hydrogen) atoms. The second-order valence-corrected chi connectivity index (χ2v) is 5.67. The molecule has 1 aromatic heterocycles. The van der Waals surface area contributed by atoms with Gasteiger partial charge in [0, 0.05) is 45.5 Å². The number of nitrogens with zero attached hydrogens (tertiary/aromatic N) is 3. The zero-order valence-electron chi connectivity index (χ0n) is 12.8. The van der Waals surface area contributed by atoms with Crippen LogP contribution in [0.15, 0.2) is 6.07 Å². The second-order valence-electron chi connectivity index (χ2n) is 5.67. The fourth-order valence-corrected chi connectivity index (χ4v) is 3.11.